The third-order valence-electron chi connectivity index (χ3n) is 4.35. The number of nitrogens with zero attached hydrogens (tertiary/aromatic N) is 5. The van der Waals surface area contributed by atoms with E-state index >= 15 is 0 Å². The predicted octanol–water partition coefficient (Wildman–Crippen LogP) is 1.19. The van der Waals surface area contributed by atoms with Crippen LogP contribution in [-0.4, -0.2) is 48.9 Å². The van der Waals surface area contributed by atoms with Crippen LogP contribution in [0, 0.1) is 5.92 Å². The monoisotopic (exact) mass is 372 g/mol. The number of ether oxygens (including phenoxy) is 1. The maximum absolute atomic E-state index is 12.6. The molecule has 0 saturated heterocycles. The molecule has 0 aliphatic rings. The summed E-state index contributed by atoms with van der Waals surface area (Å²) in [6.07, 6.45) is 4.32. The standard InChI is InChI=1S/C18H24N6O3/c1-12(2)16(25)17-22-21-15-5-4-13(10-24(15)17)18(26)20-9-14-8-19-11-23(14)6-7-27-3/h4-5,8,10-12,16,25H,6-7,9H2,1-3H3,(H,20,26). The van der Waals surface area contributed by atoms with Crippen LogP contribution in [0.3, 0.4) is 0 Å². The molecule has 3 rings (SSSR count). The van der Waals surface area contributed by atoms with Gasteiger partial charge < -0.3 is 19.7 Å². The Balaban J connectivity index is 1.74. The summed E-state index contributed by atoms with van der Waals surface area (Å²) in [6.45, 7) is 5.39. The van der Waals surface area contributed by atoms with E-state index in [0.717, 1.165) is 5.69 Å². The van der Waals surface area contributed by atoms with Crippen molar-refractivity contribution in [1.82, 2.24) is 29.5 Å². The molecule has 9 heteroatoms. The molecule has 3 aromatic heterocycles. The molecule has 9 nitrogen and oxygen atoms in total. The van der Waals surface area contributed by atoms with E-state index in [1.54, 1.807) is 42.4 Å². The molecule has 27 heavy (non-hydrogen) atoms. The van der Waals surface area contributed by atoms with Crippen molar-refractivity contribution in [3.63, 3.8) is 0 Å². The first-order valence-corrected chi connectivity index (χ1v) is 8.80. The Morgan fingerprint density at radius 2 is 2.15 bits per heavy atom. The molecular weight excluding hydrogens is 348 g/mol. The smallest absolute Gasteiger partial charge is 0.253 e. The van der Waals surface area contributed by atoms with E-state index in [0.29, 0.717) is 36.7 Å². The van der Waals surface area contributed by atoms with Crippen molar-refractivity contribution in [3.05, 3.63) is 47.9 Å². The van der Waals surface area contributed by atoms with Gasteiger partial charge in [0, 0.05) is 26.0 Å². The van der Waals surface area contributed by atoms with Crippen LogP contribution >= 0.6 is 0 Å². The van der Waals surface area contributed by atoms with Crippen molar-refractivity contribution >= 4 is 11.6 Å². The summed E-state index contributed by atoms with van der Waals surface area (Å²) >= 11 is 0. The number of rotatable bonds is 8. The van der Waals surface area contributed by atoms with Gasteiger partial charge in [0.05, 0.1) is 30.7 Å². The minimum atomic E-state index is -0.756. The number of hydrogen-bond acceptors (Lipinski definition) is 6. The van der Waals surface area contributed by atoms with Gasteiger partial charge in [-0.05, 0) is 18.1 Å². The summed E-state index contributed by atoms with van der Waals surface area (Å²) in [7, 11) is 1.64. The Hall–Kier alpha value is -2.78. The van der Waals surface area contributed by atoms with E-state index in [-0.39, 0.29) is 11.8 Å². The SMILES string of the molecule is COCCn1cncc1CNC(=O)c1ccc2nnc(C(O)C(C)C)n2c1. The fourth-order valence-corrected chi connectivity index (χ4v) is 2.70. The topological polar surface area (TPSA) is 107 Å². The lowest BCUT2D eigenvalue weighted by Gasteiger charge is -2.13. The molecule has 1 unspecified atom stereocenters. The maximum Gasteiger partial charge on any atom is 0.253 e. The zero-order valence-corrected chi connectivity index (χ0v) is 15.7. The summed E-state index contributed by atoms with van der Waals surface area (Å²) in [5.41, 5.74) is 1.93. The summed E-state index contributed by atoms with van der Waals surface area (Å²) in [4.78, 5) is 16.7. The van der Waals surface area contributed by atoms with Crippen LogP contribution in [0.15, 0.2) is 30.9 Å². The second-order valence-corrected chi connectivity index (χ2v) is 6.65. The normalized spacial score (nSPS) is 12.6. The van der Waals surface area contributed by atoms with Gasteiger partial charge in [-0.3, -0.25) is 9.20 Å². The predicted molar refractivity (Wildman–Crippen MR) is 98.1 cm³/mol. The highest BCUT2D eigenvalue weighted by Crippen LogP contribution is 2.20. The Morgan fingerprint density at radius 3 is 2.89 bits per heavy atom. The van der Waals surface area contributed by atoms with Crippen LogP contribution in [0.2, 0.25) is 0 Å². The number of amides is 1. The first kappa shape index (κ1) is 19.0. The lowest BCUT2D eigenvalue weighted by atomic mass is 10.1. The Labute approximate surface area is 157 Å². The average Bonchev–Trinajstić information content (AvgIpc) is 3.29. The third-order valence-corrected chi connectivity index (χ3v) is 4.35. The van der Waals surface area contributed by atoms with Crippen LogP contribution in [0.1, 0.15) is 41.8 Å². The molecule has 1 amide bonds. The molecule has 0 aliphatic carbocycles. The van der Waals surface area contributed by atoms with Gasteiger partial charge >= 0.3 is 0 Å². The Morgan fingerprint density at radius 1 is 1.33 bits per heavy atom. The second kappa shape index (κ2) is 8.28. The molecule has 144 valence electrons. The highest BCUT2D eigenvalue weighted by atomic mass is 16.5. The molecule has 2 N–H and O–H groups in total. The molecule has 0 aromatic carbocycles. The van der Waals surface area contributed by atoms with Gasteiger partial charge in [-0.25, -0.2) is 4.98 Å². The first-order valence-electron chi connectivity index (χ1n) is 8.80. The molecule has 0 spiro atoms. The van der Waals surface area contributed by atoms with Gasteiger partial charge in [0.2, 0.25) is 0 Å². The van der Waals surface area contributed by atoms with Crippen molar-refractivity contribution < 1.29 is 14.6 Å². The molecule has 0 saturated carbocycles. The largest absolute Gasteiger partial charge is 0.385 e. The third kappa shape index (κ3) is 4.15. The number of imidazole rings is 1. The van der Waals surface area contributed by atoms with E-state index in [4.69, 9.17) is 4.74 Å². The average molecular weight is 372 g/mol. The number of fused-ring (bicyclic) bond motifs is 1. The van der Waals surface area contributed by atoms with Gasteiger partial charge in [0.1, 0.15) is 6.10 Å². The minimum Gasteiger partial charge on any atom is -0.385 e. The number of carbonyl (C=O) groups is 1. The van der Waals surface area contributed by atoms with Crippen LogP contribution in [0.4, 0.5) is 0 Å². The summed E-state index contributed by atoms with van der Waals surface area (Å²) in [5, 5.41) is 21.3. The van der Waals surface area contributed by atoms with E-state index < -0.39 is 6.10 Å². The number of aliphatic hydroxyl groups excluding tert-OH is 1. The van der Waals surface area contributed by atoms with E-state index in [2.05, 4.69) is 20.5 Å². The molecule has 0 fully saturated rings. The second-order valence-electron chi connectivity index (χ2n) is 6.65. The van der Waals surface area contributed by atoms with Gasteiger partial charge in [-0.15, -0.1) is 10.2 Å². The number of carbonyl (C=O) groups excluding carboxylic acids is 1. The van der Waals surface area contributed by atoms with Crippen molar-refractivity contribution in [2.24, 2.45) is 5.92 Å². The lowest BCUT2D eigenvalue weighted by Crippen LogP contribution is -2.25. The van der Waals surface area contributed by atoms with Crippen LogP contribution < -0.4 is 5.32 Å². The summed E-state index contributed by atoms with van der Waals surface area (Å²) in [5.74, 6) is 0.185. The van der Waals surface area contributed by atoms with Crippen molar-refractivity contribution in [3.8, 4) is 0 Å². The fourth-order valence-electron chi connectivity index (χ4n) is 2.70. The summed E-state index contributed by atoms with van der Waals surface area (Å²) in [6, 6.07) is 3.40. The molecule has 3 heterocycles. The van der Waals surface area contributed by atoms with Crippen molar-refractivity contribution in [1.29, 1.82) is 0 Å². The Kier molecular flexibility index (Phi) is 5.82. The molecule has 1 atom stereocenters. The fraction of sp³-hybridized carbons (Fsp3) is 0.444. The highest BCUT2D eigenvalue weighted by molar-refractivity contribution is 5.94. The minimum absolute atomic E-state index is 0.0118. The lowest BCUT2D eigenvalue weighted by molar-refractivity contribution is 0.0948. The number of aromatic nitrogens is 5. The van der Waals surface area contributed by atoms with E-state index in [1.165, 1.54) is 0 Å². The van der Waals surface area contributed by atoms with Gasteiger partial charge in [0.15, 0.2) is 11.5 Å². The first-order chi connectivity index (χ1) is 13.0. The number of hydrogen-bond donors (Lipinski definition) is 2. The maximum atomic E-state index is 12.6. The van der Waals surface area contributed by atoms with Gasteiger partial charge in [-0.2, -0.15) is 0 Å². The van der Waals surface area contributed by atoms with Gasteiger partial charge in [-0.1, -0.05) is 13.8 Å². The zero-order chi connectivity index (χ0) is 19.4. The van der Waals surface area contributed by atoms with Crippen molar-refractivity contribution in [2.45, 2.75) is 33.0 Å². The van der Waals surface area contributed by atoms with Crippen LogP contribution in [-0.2, 0) is 17.8 Å². The zero-order valence-electron chi connectivity index (χ0n) is 15.7. The molecule has 0 radical (unpaired) electrons. The Bertz CT molecular complexity index is 917. The van der Waals surface area contributed by atoms with Crippen LogP contribution in [0.25, 0.3) is 5.65 Å². The number of aliphatic hydroxyl groups is 1. The number of methoxy groups -OCH3 is 1. The molecule has 0 bridgehead atoms. The number of pyridine rings is 1. The summed E-state index contributed by atoms with van der Waals surface area (Å²) < 4.78 is 8.66. The molecule has 3 aromatic rings. The van der Waals surface area contributed by atoms with E-state index in [1.807, 2.05) is 18.4 Å². The highest BCUT2D eigenvalue weighted by Gasteiger charge is 2.19. The number of nitrogens with one attached hydrogen (secondary N) is 1. The molecule has 0 aliphatic heterocycles. The van der Waals surface area contributed by atoms with Crippen LogP contribution in [0.5, 0.6) is 0 Å². The van der Waals surface area contributed by atoms with Crippen molar-refractivity contribution in [2.75, 3.05) is 13.7 Å². The van der Waals surface area contributed by atoms with Gasteiger partial charge in [0.25, 0.3) is 5.91 Å². The molecular formula is C18H24N6O3. The van der Waals surface area contributed by atoms with E-state index in [9.17, 15) is 9.90 Å². The quantitative estimate of drug-likeness (QED) is 0.615.